The Morgan fingerprint density at radius 2 is 1.85 bits per heavy atom. The largest absolute Gasteiger partial charge is 0.491 e. The summed E-state index contributed by atoms with van der Waals surface area (Å²) in [4.78, 5) is 23.2. The number of aliphatic hydroxyl groups excluding tert-OH is 1. The van der Waals surface area contributed by atoms with Crippen molar-refractivity contribution in [2.45, 2.75) is 26.0 Å². The number of rotatable bonds is 6. The van der Waals surface area contributed by atoms with Crippen molar-refractivity contribution in [2.24, 2.45) is 0 Å². The van der Waals surface area contributed by atoms with E-state index in [0.717, 1.165) is 0 Å². The van der Waals surface area contributed by atoms with Gasteiger partial charge in [-0.1, -0.05) is 0 Å². The third kappa shape index (κ3) is 4.55. The number of benzene rings is 1. The molecule has 20 heavy (non-hydrogen) atoms. The van der Waals surface area contributed by atoms with Crippen LogP contribution >= 0.6 is 0 Å². The predicted molar refractivity (Wildman–Crippen MR) is 72.6 cm³/mol. The number of methoxy groups -OCH3 is 1. The zero-order chi connectivity index (χ0) is 15.1. The van der Waals surface area contributed by atoms with E-state index in [1.165, 1.54) is 7.11 Å². The Balaban J connectivity index is 2.70. The lowest BCUT2D eigenvalue weighted by atomic mass is 10.2. The van der Waals surface area contributed by atoms with E-state index in [9.17, 15) is 9.59 Å². The summed E-state index contributed by atoms with van der Waals surface area (Å²) >= 11 is 0. The fraction of sp³-hybridized carbons (Fsp3) is 0.429. The summed E-state index contributed by atoms with van der Waals surface area (Å²) in [6.07, 6.45) is 0.0489. The summed E-state index contributed by atoms with van der Waals surface area (Å²) in [5, 5.41) is 11.4. The van der Waals surface area contributed by atoms with Gasteiger partial charge < -0.3 is 19.9 Å². The molecule has 0 saturated carbocycles. The van der Waals surface area contributed by atoms with Gasteiger partial charge in [0.15, 0.2) is 6.04 Å². The zero-order valence-electron chi connectivity index (χ0n) is 11.8. The van der Waals surface area contributed by atoms with E-state index < -0.39 is 24.5 Å². The minimum atomic E-state index is -1.07. The van der Waals surface area contributed by atoms with E-state index in [-0.39, 0.29) is 6.10 Å². The number of aliphatic hydroxyl groups is 1. The summed E-state index contributed by atoms with van der Waals surface area (Å²) in [6.45, 7) is 3.29. The standard InChI is InChI=1S/C14H19NO5/c1-9(2)20-11-6-4-10(5-7-11)13(17)15-12(8-16)14(18)19-3/h4-7,9,12,16H,8H2,1-3H3,(H,15,17). The van der Waals surface area contributed by atoms with Crippen LogP contribution in [-0.2, 0) is 9.53 Å². The van der Waals surface area contributed by atoms with Crippen molar-refractivity contribution in [1.82, 2.24) is 5.32 Å². The van der Waals surface area contributed by atoms with Gasteiger partial charge in [0.25, 0.3) is 5.91 Å². The fourth-order valence-corrected chi connectivity index (χ4v) is 1.52. The second-order valence-corrected chi connectivity index (χ2v) is 4.42. The average Bonchev–Trinajstić information content (AvgIpc) is 2.43. The van der Waals surface area contributed by atoms with E-state index in [0.29, 0.717) is 11.3 Å². The van der Waals surface area contributed by atoms with Crippen LogP contribution in [0.1, 0.15) is 24.2 Å². The van der Waals surface area contributed by atoms with E-state index >= 15 is 0 Å². The maximum absolute atomic E-state index is 11.9. The number of esters is 1. The van der Waals surface area contributed by atoms with E-state index in [1.807, 2.05) is 13.8 Å². The number of hydrogen-bond donors (Lipinski definition) is 2. The normalized spacial score (nSPS) is 11.8. The Kier molecular flexibility index (Phi) is 5.99. The molecule has 1 aromatic carbocycles. The van der Waals surface area contributed by atoms with Crippen LogP contribution in [-0.4, -0.2) is 42.8 Å². The highest BCUT2D eigenvalue weighted by molar-refractivity contribution is 5.96. The molecule has 0 aliphatic rings. The van der Waals surface area contributed by atoms with Crippen molar-refractivity contribution in [2.75, 3.05) is 13.7 Å². The minimum absolute atomic E-state index is 0.0489. The van der Waals surface area contributed by atoms with Crippen molar-refractivity contribution in [3.05, 3.63) is 29.8 Å². The predicted octanol–water partition coefficient (Wildman–Crippen LogP) is 0.737. The van der Waals surface area contributed by atoms with Crippen molar-refractivity contribution in [3.63, 3.8) is 0 Å². The highest BCUT2D eigenvalue weighted by atomic mass is 16.5. The number of hydrogen-bond acceptors (Lipinski definition) is 5. The van der Waals surface area contributed by atoms with Gasteiger partial charge in [-0.25, -0.2) is 4.79 Å². The molecule has 0 aromatic heterocycles. The molecule has 0 aliphatic heterocycles. The molecule has 2 N–H and O–H groups in total. The lowest BCUT2D eigenvalue weighted by Crippen LogP contribution is -2.44. The number of amides is 1. The summed E-state index contributed by atoms with van der Waals surface area (Å²) in [7, 11) is 1.19. The number of carbonyl (C=O) groups excluding carboxylic acids is 2. The van der Waals surface area contributed by atoms with Crippen LogP contribution in [0.15, 0.2) is 24.3 Å². The molecule has 6 nitrogen and oxygen atoms in total. The molecule has 6 heteroatoms. The van der Waals surface area contributed by atoms with Gasteiger partial charge >= 0.3 is 5.97 Å². The van der Waals surface area contributed by atoms with Crippen molar-refractivity contribution in [3.8, 4) is 5.75 Å². The highest BCUT2D eigenvalue weighted by Crippen LogP contribution is 2.13. The lowest BCUT2D eigenvalue weighted by molar-refractivity contribution is -0.143. The average molecular weight is 281 g/mol. The molecule has 0 heterocycles. The summed E-state index contributed by atoms with van der Waals surface area (Å²) in [6, 6.07) is 5.43. The Morgan fingerprint density at radius 1 is 1.25 bits per heavy atom. The van der Waals surface area contributed by atoms with Gasteiger partial charge in [-0.2, -0.15) is 0 Å². The first-order valence-electron chi connectivity index (χ1n) is 6.24. The van der Waals surface area contributed by atoms with Crippen molar-refractivity contribution >= 4 is 11.9 Å². The van der Waals surface area contributed by atoms with Crippen LogP contribution in [0.3, 0.4) is 0 Å². The Bertz CT molecular complexity index is 455. The van der Waals surface area contributed by atoms with Gasteiger partial charge in [0.1, 0.15) is 5.75 Å². The number of nitrogens with one attached hydrogen (secondary N) is 1. The first-order chi connectivity index (χ1) is 9.47. The smallest absolute Gasteiger partial charge is 0.330 e. The first-order valence-corrected chi connectivity index (χ1v) is 6.24. The number of carbonyl (C=O) groups is 2. The minimum Gasteiger partial charge on any atom is -0.491 e. The van der Waals surface area contributed by atoms with Gasteiger partial charge in [-0.3, -0.25) is 4.79 Å². The Hall–Kier alpha value is -2.08. The van der Waals surface area contributed by atoms with Crippen molar-refractivity contribution in [1.29, 1.82) is 0 Å². The molecule has 1 aromatic rings. The van der Waals surface area contributed by atoms with Crippen LogP contribution in [0.4, 0.5) is 0 Å². The van der Waals surface area contributed by atoms with E-state index in [2.05, 4.69) is 10.1 Å². The summed E-state index contributed by atoms with van der Waals surface area (Å²) in [5.41, 5.74) is 0.364. The van der Waals surface area contributed by atoms with E-state index in [4.69, 9.17) is 9.84 Å². The fourth-order valence-electron chi connectivity index (χ4n) is 1.52. The molecular formula is C14H19NO5. The topological polar surface area (TPSA) is 84.9 Å². The quantitative estimate of drug-likeness (QED) is 0.751. The van der Waals surface area contributed by atoms with E-state index in [1.54, 1.807) is 24.3 Å². The van der Waals surface area contributed by atoms with Crippen molar-refractivity contribution < 1.29 is 24.2 Å². The first kappa shape index (κ1) is 16.0. The third-order valence-electron chi connectivity index (χ3n) is 2.46. The molecular weight excluding hydrogens is 262 g/mol. The van der Waals surface area contributed by atoms with Gasteiger partial charge in [0.05, 0.1) is 19.8 Å². The van der Waals surface area contributed by atoms with Gasteiger partial charge in [0, 0.05) is 5.56 Å². The molecule has 1 amide bonds. The van der Waals surface area contributed by atoms with Crippen LogP contribution < -0.4 is 10.1 Å². The van der Waals surface area contributed by atoms with Gasteiger partial charge in [-0.05, 0) is 38.1 Å². The van der Waals surface area contributed by atoms with Crippen LogP contribution in [0.5, 0.6) is 5.75 Å². The monoisotopic (exact) mass is 281 g/mol. The molecule has 1 atom stereocenters. The molecule has 0 spiro atoms. The Morgan fingerprint density at radius 3 is 2.30 bits per heavy atom. The maximum Gasteiger partial charge on any atom is 0.330 e. The van der Waals surface area contributed by atoms with Crippen LogP contribution in [0.25, 0.3) is 0 Å². The lowest BCUT2D eigenvalue weighted by Gasteiger charge is -2.14. The molecule has 110 valence electrons. The zero-order valence-corrected chi connectivity index (χ0v) is 11.8. The van der Waals surface area contributed by atoms with Crippen LogP contribution in [0, 0.1) is 0 Å². The molecule has 0 saturated heterocycles. The second-order valence-electron chi connectivity index (χ2n) is 4.42. The van der Waals surface area contributed by atoms with Gasteiger partial charge in [-0.15, -0.1) is 0 Å². The summed E-state index contributed by atoms with van der Waals surface area (Å²) in [5.74, 6) is -0.505. The highest BCUT2D eigenvalue weighted by Gasteiger charge is 2.21. The molecule has 1 unspecified atom stereocenters. The van der Waals surface area contributed by atoms with Gasteiger partial charge in [0.2, 0.25) is 0 Å². The number of ether oxygens (including phenoxy) is 2. The molecule has 1 rings (SSSR count). The second kappa shape index (κ2) is 7.49. The SMILES string of the molecule is COC(=O)C(CO)NC(=O)c1ccc(OC(C)C)cc1. The molecule has 0 radical (unpaired) electrons. The van der Waals surface area contributed by atoms with Crippen LogP contribution in [0.2, 0.25) is 0 Å². The molecule has 0 fully saturated rings. The summed E-state index contributed by atoms with van der Waals surface area (Å²) < 4.78 is 9.93. The third-order valence-corrected chi connectivity index (χ3v) is 2.46. The molecule has 0 aliphatic carbocycles. The molecule has 0 bridgehead atoms. The Labute approximate surface area is 117 Å². The maximum atomic E-state index is 11.9.